The molecule has 0 bridgehead atoms. The fourth-order valence-electron chi connectivity index (χ4n) is 10.9. The summed E-state index contributed by atoms with van der Waals surface area (Å²) in [6.07, 6.45) is 49.8. The van der Waals surface area contributed by atoms with E-state index in [1.807, 2.05) is 0 Å². The Balaban J connectivity index is 5.26. The van der Waals surface area contributed by atoms with Gasteiger partial charge in [0.05, 0.1) is 26.4 Å². The van der Waals surface area contributed by atoms with Crippen molar-refractivity contribution in [3.63, 3.8) is 0 Å². The SMILES string of the molecule is CCCCCCCCCCCCCCCCC(=O)OC[C@H](COP(=O)(O)OC[C@@H](O)COP(=O)(O)OC[C@@H](COC(=O)CCCCCCCCC(C)CC)OC(=O)CCCCCCCCCCCCCCC)OC(=O)CCCCCCCCCCCCCC(C)C. The van der Waals surface area contributed by atoms with Crippen LogP contribution in [0.2, 0.25) is 0 Å². The first-order chi connectivity index (χ1) is 43.9. The summed E-state index contributed by atoms with van der Waals surface area (Å²) >= 11 is 0. The van der Waals surface area contributed by atoms with Crippen molar-refractivity contribution in [1.29, 1.82) is 0 Å². The van der Waals surface area contributed by atoms with Crippen molar-refractivity contribution in [2.45, 2.75) is 387 Å². The smallest absolute Gasteiger partial charge is 0.462 e. The molecule has 0 aromatic rings. The van der Waals surface area contributed by atoms with Gasteiger partial charge in [-0.25, -0.2) is 9.13 Å². The molecule has 91 heavy (non-hydrogen) atoms. The molecule has 0 fully saturated rings. The second-order valence-electron chi connectivity index (χ2n) is 26.7. The average Bonchev–Trinajstić information content (AvgIpc) is 3.71. The molecule has 17 nitrogen and oxygen atoms in total. The van der Waals surface area contributed by atoms with Gasteiger partial charge in [-0.05, 0) is 37.5 Å². The quantitative estimate of drug-likeness (QED) is 0.0222. The molecule has 0 saturated heterocycles. The van der Waals surface area contributed by atoms with Crippen molar-refractivity contribution < 1.29 is 80.2 Å². The standard InChI is InChI=1S/C72H140O17P2/c1-7-10-12-14-16-18-20-22-24-27-31-35-42-48-54-69(74)82-60-67(88-72(77)57-51-45-37-33-29-25-26-30-34-40-46-52-64(4)5)62-86-90(78,79)84-58-66(73)59-85-91(80,81)87-63-68(61-83-70(75)55-49-43-39-38-41-47-53-65(6)9-3)89-71(76)56-50-44-36-32-28-23-21-19-17-15-13-11-8-2/h64-68,73H,7-63H2,1-6H3,(H,78,79)(H,80,81)/t65?,66-,67-,68-/m1/s1. The topological polar surface area (TPSA) is 237 Å². The monoisotopic (exact) mass is 1340 g/mol. The minimum absolute atomic E-state index is 0.107. The predicted octanol–water partition coefficient (Wildman–Crippen LogP) is 20.8. The lowest BCUT2D eigenvalue weighted by Gasteiger charge is -2.21. The van der Waals surface area contributed by atoms with Crippen LogP contribution in [0.5, 0.6) is 0 Å². The van der Waals surface area contributed by atoms with Crippen LogP contribution in [0.15, 0.2) is 0 Å². The van der Waals surface area contributed by atoms with Crippen LogP contribution in [0.4, 0.5) is 0 Å². The average molecular weight is 1340 g/mol. The third kappa shape index (κ3) is 65.1. The summed E-state index contributed by atoms with van der Waals surface area (Å²) in [6, 6.07) is 0. The maximum atomic E-state index is 13.0. The minimum atomic E-state index is -4.95. The highest BCUT2D eigenvalue weighted by atomic mass is 31.2. The second-order valence-corrected chi connectivity index (χ2v) is 29.6. The molecule has 0 amide bonds. The Morgan fingerprint density at radius 1 is 0.319 bits per heavy atom. The van der Waals surface area contributed by atoms with E-state index >= 15 is 0 Å². The van der Waals surface area contributed by atoms with E-state index in [0.29, 0.717) is 25.7 Å². The number of carbonyl (C=O) groups is 4. The van der Waals surface area contributed by atoms with E-state index in [1.54, 1.807) is 0 Å². The molecule has 0 spiro atoms. The Hall–Kier alpha value is -1.94. The Morgan fingerprint density at radius 2 is 0.560 bits per heavy atom. The third-order valence-corrected chi connectivity index (χ3v) is 19.0. The number of phosphoric ester groups is 2. The van der Waals surface area contributed by atoms with Crippen molar-refractivity contribution in [2.24, 2.45) is 11.8 Å². The van der Waals surface area contributed by atoms with Gasteiger partial charge in [0.1, 0.15) is 19.3 Å². The molecule has 0 radical (unpaired) electrons. The number of esters is 4. The number of aliphatic hydroxyl groups is 1. The molecule has 3 N–H and O–H groups in total. The number of phosphoric acid groups is 2. The first-order valence-electron chi connectivity index (χ1n) is 37.5. The van der Waals surface area contributed by atoms with E-state index in [0.717, 1.165) is 108 Å². The lowest BCUT2D eigenvalue weighted by Crippen LogP contribution is -2.30. The number of hydrogen-bond acceptors (Lipinski definition) is 15. The van der Waals surface area contributed by atoms with Gasteiger partial charge in [-0.1, -0.05) is 318 Å². The number of unbranched alkanes of at least 4 members (excludes halogenated alkanes) is 40. The number of hydrogen-bond donors (Lipinski definition) is 3. The van der Waals surface area contributed by atoms with Gasteiger partial charge in [0.2, 0.25) is 0 Å². The van der Waals surface area contributed by atoms with Crippen molar-refractivity contribution in [3.05, 3.63) is 0 Å². The summed E-state index contributed by atoms with van der Waals surface area (Å²) in [6.45, 7) is 9.53. The first kappa shape index (κ1) is 89.1. The van der Waals surface area contributed by atoms with E-state index in [1.165, 1.54) is 180 Å². The lowest BCUT2D eigenvalue weighted by molar-refractivity contribution is -0.161. The van der Waals surface area contributed by atoms with Gasteiger partial charge in [-0.3, -0.25) is 37.3 Å². The highest BCUT2D eigenvalue weighted by Gasteiger charge is 2.30. The minimum Gasteiger partial charge on any atom is -0.462 e. The fraction of sp³-hybridized carbons (Fsp3) is 0.944. The van der Waals surface area contributed by atoms with Crippen molar-refractivity contribution in [3.8, 4) is 0 Å². The summed E-state index contributed by atoms with van der Waals surface area (Å²) in [5, 5.41) is 10.6. The maximum Gasteiger partial charge on any atom is 0.472 e. The molecule has 6 atom stereocenters. The lowest BCUT2D eigenvalue weighted by atomic mass is 10.00. The summed E-state index contributed by atoms with van der Waals surface area (Å²) in [5.74, 6) is -0.624. The number of rotatable bonds is 71. The Morgan fingerprint density at radius 3 is 0.835 bits per heavy atom. The molecule has 0 aliphatic rings. The van der Waals surface area contributed by atoms with Crippen LogP contribution in [-0.2, 0) is 65.4 Å². The zero-order valence-electron chi connectivity index (χ0n) is 59.1. The van der Waals surface area contributed by atoms with Crippen molar-refractivity contribution in [2.75, 3.05) is 39.6 Å². The molecule has 0 saturated carbocycles. The molecular formula is C72H140O17P2. The summed E-state index contributed by atoms with van der Waals surface area (Å²) < 4.78 is 68.4. The van der Waals surface area contributed by atoms with Gasteiger partial charge < -0.3 is 33.8 Å². The van der Waals surface area contributed by atoms with Gasteiger partial charge >= 0.3 is 39.5 Å². The highest BCUT2D eigenvalue weighted by molar-refractivity contribution is 7.47. The summed E-state index contributed by atoms with van der Waals surface area (Å²) in [7, 11) is -9.90. The van der Waals surface area contributed by atoms with E-state index < -0.39 is 97.5 Å². The maximum absolute atomic E-state index is 13.0. The van der Waals surface area contributed by atoms with Crippen LogP contribution in [0.1, 0.15) is 369 Å². The number of carbonyl (C=O) groups excluding carboxylic acids is 4. The summed E-state index contributed by atoms with van der Waals surface area (Å²) in [5.41, 5.74) is 0. The van der Waals surface area contributed by atoms with Gasteiger partial charge in [0, 0.05) is 25.7 Å². The molecule has 19 heteroatoms. The Bertz CT molecular complexity index is 1770. The van der Waals surface area contributed by atoms with Gasteiger partial charge in [-0.2, -0.15) is 0 Å². The van der Waals surface area contributed by atoms with Crippen molar-refractivity contribution in [1.82, 2.24) is 0 Å². The van der Waals surface area contributed by atoms with Crippen LogP contribution >= 0.6 is 15.6 Å². The van der Waals surface area contributed by atoms with Crippen LogP contribution in [0, 0.1) is 11.8 Å². The normalized spacial score (nSPS) is 14.4. The fourth-order valence-corrected chi connectivity index (χ4v) is 12.5. The van der Waals surface area contributed by atoms with Crippen LogP contribution in [0.25, 0.3) is 0 Å². The Kier molecular flexibility index (Phi) is 62.7. The van der Waals surface area contributed by atoms with E-state index in [4.69, 9.17) is 37.0 Å². The largest absolute Gasteiger partial charge is 0.472 e. The van der Waals surface area contributed by atoms with Gasteiger partial charge in [0.15, 0.2) is 12.2 Å². The number of aliphatic hydroxyl groups excluding tert-OH is 1. The molecule has 0 aromatic heterocycles. The van der Waals surface area contributed by atoms with E-state index in [2.05, 4.69) is 41.5 Å². The van der Waals surface area contributed by atoms with Crippen LogP contribution in [-0.4, -0.2) is 96.7 Å². The van der Waals surface area contributed by atoms with Crippen LogP contribution in [0.3, 0.4) is 0 Å². The highest BCUT2D eigenvalue weighted by Crippen LogP contribution is 2.45. The number of ether oxygens (including phenoxy) is 4. The molecule has 0 heterocycles. The van der Waals surface area contributed by atoms with Crippen LogP contribution < -0.4 is 0 Å². The van der Waals surface area contributed by atoms with Crippen molar-refractivity contribution >= 4 is 39.5 Å². The second kappa shape index (κ2) is 64.1. The first-order valence-corrected chi connectivity index (χ1v) is 40.5. The molecule has 0 aliphatic heterocycles. The zero-order chi connectivity index (χ0) is 67.2. The molecule has 0 aromatic carbocycles. The molecule has 3 unspecified atom stereocenters. The zero-order valence-corrected chi connectivity index (χ0v) is 60.9. The third-order valence-electron chi connectivity index (χ3n) is 17.1. The molecular weight excluding hydrogens is 1200 g/mol. The molecule has 0 rings (SSSR count). The van der Waals surface area contributed by atoms with E-state index in [9.17, 15) is 43.2 Å². The molecule has 0 aliphatic carbocycles. The molecule has 540 valence electrons. The van der Waals surface area contributed by atoms with Gasteiger partial charge in [-0.15, -0.1) is 0 Å². The summed E-state index contributed by atoms with van der Waals surface area (Å²) in [4.78, 5) is 72.6. The predicted molar refractivity (Wildman–Crippen MR) is 368 cm³/mol. The van der Waals surface area contributed by atoms with E-state index in [-0.39, 0.29) is 25.7 Å². The van der Waals surface area contributed by atoms with Gasteiger partial charge in [0.25, 0.3) is 0 Å². The Labute approximate surface area is 556 Å².